The van der Waals surface area contributed by atoms with E-state index in [2.05, 4.69) is 15.2 Å². The number of nitrogens with one attached hydrogen (secondary N) is 1. The van der Waals surface area contributed by atoms with Crippen molar-refractivity contribution in [3.8, 4) is 0 Å². The molecule has 3 amide bonds. The first-order chi connectivity index (χ1) is 20.1. The van der Waals surface area contributed by atoms with Crippen LogP contribution < -0.4 is 15.1 Å². The van der Waals surface area contributed by atoms with E-state index in [9.17, 15) is 19.2 Å². The van der Waals surface area contributed by atoms with Crippen molar-refractivity contribution in [3.05, 3.63) is 53.7 Å². The van der Waals surface area contributed by atoms with Crippen molar-refractivity contribution in [3.63, 3.8) is 0 Å². The molecule has 3 aliphatic heterocycles. The number of aromatic nitrogens is 1. The Hall–Kier alpha value is -3.99. The SMILES string of the molecule is CC(C)CC(NC(=O)c1ccc(N(C)C)cc1)C(=O)N1CCC2C1C(=O)CN2C(=O)c1ccc(N2CCOCC2)nc1. The highest BCUT2D eigenvalue weighted by molar-refractivity contribution is 6.03. The third-order valence-electron chi connectivity index (χ3n) is 8.25. The maximum atomic E-state index is 13.8. The Morgan fingerprint density at radius 3 is 2.31 bits per heavy atom. The van der Waals surface area contributed by atoms with Crippen molar-refractivity contribution in [2.24, 2.45) is 5.92 Å². The molecule has 3 unspecified atom stereocenters. The number of anilines is 2. The van der Waals surface area contributed by atoms with Crippen LogP contribution in [0.1, 0.15) is 47.4 Å². The average Bonchev–Trinajstić information content (AvgIpc) is 3.57. The lowest BCUT2D eigenvalue weighted by Gasteiger charge is -2.29. The van der Waals surface area contributed by atoms with Crippen molar-refractivity contribution in [2.45, 2.75) is 44.8 Å². The van der Waals surface area contributed by atoms with Gasteiger partial charge in [-0.15, -0.1) is 0 Å². The van der Waals surface area contributed by atoms with Gasteiger partial charge in [-0.1, -0.05) is 13.8 Å². The molecule has 5 rings (SSSR count). The Balaban J connectivity index is 1.27. The Morgan fingerprint density at radius 2 is 1.69 bits per heavy atom. The number of hydrogen-bond acceptors (Lipinski definition) is 8. The fourth-order valence-electron chi connectivity index (χ4n) is 6.04. The number of morpholine rings is 1. The second kappa shape index (κ2) is 12.5. The van der Waals surface area contributed by atoms with E-state index >= 15 is 0 Å². The van der Waals surface area contributed by atoms with Crippen molar-refractivity contribution in [2.75, 3.05) is 63.3 Å². The number of Topliss-reactive ketones (excluding diaryl/α,β-unsaturated/α-hetero) is 1. The van der Waals surface area contributed by atoms with Crippen LogP contribution in [0.4, 0.5) is 11.5 Å². The van der Waals surface area contributed by atoms with Crippen LogP contribution in [-0.4, -0.2) is 110 Å². The lowest BCUT2D eigenvalue weighted by atomic mass is 10.0. The van der Waals surface area contributed by atoms with E-state index < -0.39 is 18.1 Å². The minimum Gasteiger partial charge on any atom is -0.378 e. The number of carbonyl (C=O) groups excluding carboxylic acids is 4. The first kappa shape index (κ1) is 29.5. The molecule has 1 aromatic carbocycles. The first-order valence-corrected chi connectivity index (χ1v) is 14.6. The van der Waals surface area contributed by atoms with Crippen molar-refractivity contribution in [1.82, 2.24) is 20.1 Å². The zero-order valence-corrected chi connectivity index (χ0v) is 24.8. The van der Waals surface area contributed by atoms with E-state index in [1.807, 2.05) is 51.0 Å². The van der Waals surface area contributed by atoms with Gasteiger partial charge in [-0.3, -0.25) is 19.2 Å². The summed E-state index contributed by atoms with van der Waals surface area (Å²) in [5.74, 6) is -0.120. The minimum atomic E-state index is -0.778. The molecule has 0 bridgehead atoms. The molecule has 224 valence electrons. The number of carbonyl (C=O) groups is 4. The summed E-state index contributed by atoms with van der Waals surface area (Å²) in [4.78, 5) is 65.4. The van der Waals surface area contributed by atoms with Crippen molar-refractivity contribution >= 4 is 35.0 Å². The maximum Gasteiger partial charge on any atom is 0.256 e. The van der Waals surface area contributed by atoms with E-state index in [0.717, 1.165) is 24.6 Å². The van der Waals surface area contributed by atoms with E-state index in [4.69, 9.17) is 4.74 Å². The molecule has 11 nitrogen and oxygen atoms in total. The molecule has 1 N–H and O–H groups in total. The van der Waals surface area contributed by atoms with Crippen LogP contribution in [0.25, 0.3) is 0 Å². The number of ether oxygens (including phenoxy) is 1. The first-order valence-electron chi connectivity index (χ1n) is 14.6. The molecule has 0 saturated carbocycles. The fourth-order valence-corrected chi connectivity index (χ4v) is 6.04. The van der Waals surface area contributed by atoms with Gasteiger partial charge < -0.3 is 29.7 Å². The summed E-state index contributed by atoms with van der Waals surface area (Å²) in [6.45, 7) is 7.05. The van der Waals surface area contributed by atoms with Gasteiger partial charge >= 0.3 is 0 Å². The lowest BCUT2D eigenvalue weighted by Crippen LogP contribution is -2.53. The number of fused-ring (bicyclic) bond motifs is 1. The number of hydrogen-bond donors (Lipinski definition) is 1. The molecule has 3 saturated heterocycles. The zero-order chi connectivity index (χ0) is 30.0. The van der Waals surface area contributed by atoms with Crippen LogP contribution in [0.2, 0.25) is 0 Å². The summed E-state index contributed by atoms with van der Waals surface area (Å²) >= 11 is 0. The van der Waals surface area contributed by atoms with Gasteiger partial charge in [0.05, 0.1) is 31.4 Å². The molecule has 11 heteroatoms. The van der Waals surface area contributed by atoms with E-state index in [1.54, 1.807) is 34.2 Å². The van der Waals surface area contributed by atoms with Gasteiger partial charge in [-0.2, -0.15) is 0 Å². The van der Waals surface area contributed by atoms with Gasteiger partial charge in [0, 0.05) is 51.2 Å². The summed E-state index contributed by atoms with van der Waals surface area (Å²) < 4.78 is 5.40. The lowest BCUT2D eigenvalue weighted by molar-refractivity contribution is -0.138. The number of rotatable bonds is 8. The summed E-state index contributed by atoms with van der Waals surface area (Å²) in [5, 5.41) is 2.92. The average molecular weight is 577 g/mol. The highest BCUT2D eigenvalue weighted by Crippen LogP contribution is 2.32. The number of nitrogens with zero attached hydrogens (tertiary/aromatic N) is 5. The molecule has 3 atom stereocenters. The van der Waals surface area contributed by atoms with Gasteiger partial charge in [0.15, 0.2) is 5.78 Å². The molecule has 0 aliphatic carbocycles. The van der Waals surface area contributed by atoms with Gasteiger partial charge in [-0.25, -0.2) is 4.98 Å². The van der Waals surface area contributed by atoms with Crippen LogP contribution in [0.5, 0.6) is 0 Å². The molecule has 42 heavy (non-hydrogen) atoms. The predicted molar refractivity (Wildman–Crippen MR) is 159 cm³/mol. The fraction of sp³-hybridized carbons (Fsp3) is 0.516. The number of likely N-dealkylation sites (tertiary alicyclic amines) is 2. The molecule has 0 radical (unpaired) electrons. The smallest absolute Gasteiger partial charge is 0.256 e. The van der Waals surface area contributed by atoms with Crippen LogP contribution >= 0.6 is 0 Å². The molecule has 2 aromatic rings. The van der Waals surface area contributed by atoms with Gasteiger partial charge in [-0.05, 0) is 55.2 Å². The number of ketones is 1. The third-order valence-corrected chi connectivity index (χ3v) is 8.25. The van der Waals surface area contributed by atoms with Crippen molar-refractivity contribution < 1.29 is 23.9 Å². The van der Waals surface area contributed by atoms with Crippen molar-refractivity contribution in [1.29, 1.82) is 0 Å². The molecule has 0 spiro atoms. The third kappa shape index (κ3) is 6.11. The summed E-state index contributed by atoms with van der Waals surface area (Å²) in [7, 11) is 3.85. The zero-order valence-electron chi connectivity index (χ0n) is 24.8. The van der Waals surface area contributed by atoms with E-state index in [0.29, 0.717) is 43.7 Å². The summed E-state index contributed by atoms with van der Waals surface area (Å²) in [6, 6.07) is 8.86. The molecule has 3 aliphatic rings. The molecule has 3 fully saturated rings. The molecule has 1 aromatic heterocycles. The quantitative estimate of drug-likeness (QED) is 0.506. The highest BCUT2D eigenvalue weighted by atomic mass is 16.5. The molecular formula is C31H40N6O5. The number of amides is 3. The van der Waals surface area contributed by atoms with Gasteiger partial charge in [0.1, 0.15) is 17.9 Å². The number of benzene rings is 1. The summed E-state index contributed by atoms with van der Waals surface area (Å²) in [5.41, 5.74) is 1.84. The van der Waals surface area contributed by atoms with Crippen LogP contribution in [0, 0.1) is 5.92 Å². The highest BCUT2D eigenvalue weighted by Gasteiger charge is 2.52. The van der Waals surface area contributed by atoms with Gasteiger partial charge in [0.25, 0.3) is 11.8 Å². The topological polar surface area (TPSA) is 115 Å². The Bertz CT molecular complexity index is 1310. The van der Waals surface area contributed by atoms with Crippen LogP contribution in [0.3, 0.4) is 0 Å². The minimum absolute atomic E-state index is 0.0530. The Labute approximate surface area is 246 Å². The van der Waals surface area contributed by atoms with E-state index in [1.165, 1.54) is 0 Å². The van der Waals surface area contributed by atoms with Crippen LogP contribution in [-0.2, 0) is 14.3 Å². The largest absolute Gasteiger partial charge is 0.378 e. The number of pyridine rings is 1. The Morgan fingerprint density at radius 1 is 1.00 bits per heavy atom. The second-order valence-corrected chi connectivity index (χ2v) is 11.8. The Kier molecular flexibility index (Phi) is 8.77. The monoisotopic (exact) mass is 576 g/mol. The normalized spacial score (nSPS) is 21.0. The molecule has 4 heterocycles. The van der Waals surface area contributed by atoms with E-state index in [-0.39, 0.29) is 36.0 Å². The predicted octanol–water partition coefficient (Wildman–Crippen LogP) is 1.82. The second-order valence-electron chi connectivity index (χ2n) is 11.8. The summed E-state index contributed by atoms with van der Waals surface area (Å²) in [6.07, 6.45) is 2.50. The maximum absolute atomic E-state index is 13.8. The standard InChI is InChI=1S/C31H40N6O5/c1-20(2)17-24(33-29(39)21-5-8-23(9-6-21)34(3)4)31(41)36-12-11-25-28(36)26(38)19-37(25)30(40)22-7-10-27(32-18-22)35-13-15-42-16-14-35/h5-10,18,20,24-25,28H,11-17,19H2,1-4H3,(H,33,39). The molecular weight excluding hydrogens is 536 g/mol. The van der Waals surface area contributed by atoms with Crippen LogP contribution in [0.15, 0.2) is 42.6 Å². The van der Waals surface area contributed by atoms with Gasteiger partial charge in [0.2, 0.25) is 5.91 Å².